The van der Waals surface area contributed by atoms with Crippen molar-refractivity contribution in [2.75, 3.05) is 0 Å². The lowest BCUT2D eigenvalue weighted by molar-refractivity contribution is -0.161. The standard InChI is InChI=1S/C6H8N6O6/c13-1-7-3(15)11(4(16)8-1)12-5(17)9-2(14)10-6(12)18/h3,5,15,17H,(H2,7,8,13,16)(H2,9,10,14,18). The molecule has 12 nitrogen and oxygen atoms in total. The minimum absolute atomic E-state index is 0.320. The molecule has 2 aliphatic rings. The molecule has 0 radical (unpaired) electrons. The summed E-state index contributed by atoms with van der Waals surface area (Å²) in [5.74, 6) is 0. The van der Waals surface area contributed by atoms with Crippen LogP contribution in [0, 0.1) is 0 Å². The predicted octanol–water partition coefficient (Wildman–Crippen LogP) is -3.08. The monoisotopic (exact) mass is 260 g/mol. The zero-order chi connectivity index (χ0) is 13.4. The Bertz CT molecular complexity index is 398. The predicted molar refractivity (Wildman–Crippen MR) is 49.8 cm³/mol. The maximum Gasteiger partial charge on any atom is 0.348 e. The second kappa shape index (κ2) is 4.01. The normalized spacial score (nSPS) is 28.3. The summed E-state index contributed by atoms with van der Waals surface area (Å²) in [6.45, 7) is 0. The van der Waals surface area contributed by atoms with Crippen LogP contribution < -0.4 is 21.3 Å². The van der Waals surface area contributed by atoms with E-state index in [1.807, 2.05) is 10.6 Å². The zero-order valence-corrected chi connectivity index (χ0v) is 8.58. The fourth-order valence-electron chi connectivity index (χ4n) is 1.39. The fourth-order valence-corrected chi connectivity index (χ4v) is 1.39. The highest BCUT2D eigenvalue weighted by Gasteiger charge is 2.43. The topological polar surface area (TPSA) is 163 Å². The Morgan fingerprint density at radius 2 is 1.11 bits per heavy atom. The third-order valence-electron chi connectivity index (χ3n) is 2.07. The number of carbonyl (C=O) groups is 4. The van der Waals surface area contributed by atoms with Gasteiger partial charge in [-0.15, -0.1) is 0 Å². The van der Waals surface area contributed by atoms with Gasteiger partial charge in [0, 0.05) is 0 Å². The van der Waals surface area contributed by atoms with E-state index in [0.717, 1.165) is 0 Å². The third kappa shape index (κ3) is 1.85. The van der Waals surface area contributed by atoms with Crippen LogP contribution in [-0.4, -0.2) is 57.1 Å². The van der Waals surface area contributed by atoms with E-state index in [1.54, 1.807) is 10.6 Å². The first kappa shape index (κ1) is 11.9. The summed E-state index contributed by atoms with van der Waals surface area (Å²) in [7, 11) is 0. The van der Waals surface area contributed by atoms with Crippen LogP contribution in [0.1, 0.15) is 0 Å². The minimum Gasteiger partial charge on any atom is -0.355 e. The van der Waals surface area contributed by atoms with E-state index in [-0.39, 0.29) is 0 Å². The highest BCUT2D eigenvalue weighted by atomic mass is 16.4. The van der Waals surface area contributed by atoms with Crippen LogP contribution in [0.3, 0.4) is 0 Å². The summed E-state index contributed by atoms with van der Waals surface area (Å²) in [4.78, 5) is 44.6. The largest absolute Gasteiger partial charge is 0.355 e. The first-order valence-corrected chi connectivity index (χ1v) is 4.57. The smallest absolute Gasteiger partial charge is 0.348 e. The molecule has 0 aliphatic carbocycles. The van der Waals surface area contributed by atoms with Crippen LogP contribution in [0.2, 0.25) is 0 Å². The van der Waals surface area contributed by atoms with Crippen LogP contribution in [0.5, 0.6) is 0 Å². The lowest BCUT2D eigenvalue weighted by Crippen LogP contribution is -2.76. The lowest BCUT2D eigenvalue weighted by Gasteiger charge is -2.42. The summed E-state index contributed by atoms with van der Waals surface area (Å²) in [5.41, 5.74) is 0. The summed E-state index contributed by atoms with van der Waals surface area (Å²) >= 11 is 0. The van der Waals surface area contributed by atoms with Crippen molar-refractivity contribution in [2.24, 2.45) is 0 Å². The quantitative estimate of drug-likeness (QED) is 0.293. The van der Waals surface area contributed by atoms with Crippen molar-refractivity contribution in [1.29, 1.82) is 0 Å². The number of nitrogens with zero attached hydrogens (tertiary/aromatic N) is 2. The third-order valence-corrected chi connectivity index (χ3v) is 2.07. The number of hydrogen-bond donors (Lipinski definition) is 6. The van der Waals surface area contributed by atoms with Gasteiger partial charge in [0.15, 0.2) is 0 Å². The van der Waals surface area contributed by atoms with E-state index < -0.39 is 36.8 Å². The molecule has 0 aromatic rings. The van der Waals surface area contributed by atoms with Crippen molar-refractivity contribution in [3.05, 3.63) is 0 Å². The van der Waals surface area contributed by atoms with Crippen molar-refractivity contribution in [2.45, 2.75) is 12.7 Å². The van der Waals surface area contributed by atoms with Crippen molar-refractivity contribution in [1.82, 2.24) is 31.3 Å². The molecule has 0 aromatic heterocycles. The van der Waals surface area contributed by atoms with Crippen LogP contribution in [-0.2, 0) is 0 Å². The van der Waals surface area contributed by atoms with Gasteiger partial charge in [-0.05, 0) is 0 Å². The maximum absolute atomic E-state index is 11.4. The number of aliphatic hydroxyl groups is 2. The molecule has 2 saturated heterocycles. The fraction of sp³-hybridized carbons (Fsp3) is 0.333. The average molecular weight is 260 g/mol. The van der Waals surface area contributed by atoms with Gasteiger partial charge in [-0.25, -0.2) is 19.2 Å². The van der Waals surface area contributed by atoms with E-state index in [2.05, 4.69) is 0 Å². The van der Waals surface area contributed by atoms with Crippen LogP contribution in [0.4, 0.5) is 19.2 Å². The molecule has 0 saturated carbocycles. The highest BCUT2D eigenvalue weighted by Crippen LogP contribution is 2.10. The summed E-state index contributed by atoms with van der Waals surface area (Å²) < 4.78 is 0. The number of urea groups is 4. The Kier molecular flexibility index (Phi) is 2.64. The molecule has 8 amide bonds. The number of hydrogen-bond acceptors (Lipinski definition) is 6. The molecule has 2 unspecified atom stereocenters. The van der Waals surface area contributed by atoms with Crippen molar-refractivity contribution in [3.63, 3.8) is 0 Å². The van der Waals surface area contributed by atoms with E-state index in [4.69, 9.17) is 0 Å². The Morgan fingerprint density at radius 3 is 1.39 bits per heavy atom. The Hall–Kier alpha value is -2.60. The van der Waals surface area contributed by atoms with Crippen molar-refractivity contribution >= 4 is 24.1 Å². The van der Waals surface area contributed by atoms with Gasteiger partial charge in [0.2, 0.25) is 12.7 Å². The van der Waals surface area contributed by atoms with Gasteiger partial charge in [-0.2, -0.15) is 10.0 Å². The molecule has 2 atom stereocenters. The molecule has 6 N–H and O–H groups in total. The van der Waals surface area contributed by atoms with Gasteiger partial charge < -0.3 is 10.2 Å². The molecule has 2 heterocycles. The molecule has 2 fully saturated rings. The van der Waals surface area contributed by atoms with Crippen LogP contribution in [0.15, 0.2) is 0 Å². The number of rotatable bonds is 1. The molecule has 12 heteroatoms. The summed E-state index contributed by atoms with van der Waals surface area (Å²) in [6.07, 6.45) is -3.75. The Balaban J connectivity index is 2.24. The van der Waals surface area contributed by atoms with Gasteiger partial charge in [0.05, 0.1) is 0 Å². The van der Waals surface area contributed by atoms with Gasteiger partial charge in [-0.3, -0.25) is 21.3 Å². The number of imide groups is 2. The summed E-state index contributed by atoms with van der Waals surface area (Å²) in [5, 5.41) is 26.8. The zero-order valence-electron chi connectivity index (χ0n) is 8.58. The first-order valence-electron chi connectivity index (χ1n) is 4.57. The van der Waals surface area contributed by atoms with Crippen molar-refractivity contribution in [3.8, 4) is 0 Å². The number of hydrazine groups is 1. The molecule has 0 spiro atoms. The van der Waals surface area contributed by atoms with Crippen LogP contribution in [0.25, 0.3) is 0 Å². The van der Waals surface area contributed by atoms with E-state index in [1.165, 1.54) is 0 Å². The van der Waals surface area contributed by atoms with E-state index in [9.17, 15) is 29.4 Å². The van der Waals surface area contributed by atoms with Gasteiger partial charge in [-0.1, -0.05) is 0 Å². The first-order chi connectivity index (χ1) is 8.40. The number of amides is 8. The SMILES string of the molecule is O=C1NC(=O)N(N2C(=O)NC(=O)NC2O)C(O)N1. The van der Waals surface area contributed by atoms with E-state index in [0.29, 0.717) is 10.0 Å². The molecule has 2 rings (SSSR count). The maximum atomic E-state index is 11.4. The van der Waals surface area contributed by atoms with Crippen molar-refractivity contribution < 1.29 is 29.4 Å². The molecule has 98 valence electrons. The molecule has 0 aromatic carbocycles. The summed E-state index contributed by atoms with van der Waals surface area (Å²) in [6, 6.07) is -4.26. The molecular formula is C6H8N6O6. The highest BCUT2D eigenvalue weighted by molar-refractivity contribution is 5.99. The lowest BCUT2D eigenvalue weighted by atomic mass is 10.6. The van der Waals surface area contributed by atoms with Gasteiger partial charge in [0.25, 0.3) is 0 Å². The molecular weight excluding hydrogens is 252 g/mol. The number of carbonyl (C=O) groups excluding carboxylic acids is 4. The van der Waals surface area contributed by atoms with Gasteiger partial charge >= 0.3 is 24.1 Å². The second-order valence-electron chi connectivity index (χ2n) is 3.24. The number of nitrogens with one attached hydrogen (secondary N) is 4. The van der Waals surface area contributed by atoms with Crippen LogP contribution >= 0.6 is 0 Å². The minimum atomic E-state index is -1.87. The average Bonchev–Trinajstić information content (AvgIpc) is 2.20. The second-order valence-corrected chi connectivity index (χ2v) is 3.24. The Morgan fingerprint density at radius 1 is 0.778 bits per heavy atom. The van der Waals surface area contributed by atoms with Gasteiger partial charge in [0.1, 0.15) is 0 Å². The molecule has 0 bridgehead atoms. The molecule has 2 aliphatic heterocycles. The van der Waals surface area contributed by atoms with E-state index >= 15 is 0 Å². The Labute approximate surface area is 98.5 Å². The molecule has 18 heavy (non-hydrogen) atoms. The number of aliphatic hydroxyl groups excluding tert-OH is 2.